The molecule has 0 aliphatic carbocycles. The highest BCUT2D eigenvalue weighted by molar-refractivity contribution is 7.09. The van der Waals surface area contributed by atoms with E-state index in [2.05, 4.69) is 11.1 Å². The number of carbonyl (C=O) groups is 2. The number of thiazole rings is 1. The van der Waals surface area contributed by atoms with Crippen molar-refractivity contribution in [2.45, 2.75) is 92.0 Å². The zero-order valence-corrected chi connectivity index (χ0v) is 22.4. The van der Waals surface area contributed by atoms with Gasteiger partial charge in [0.2, 0.25) is 0 Å². The number of aliphatic hydroxyl groups excluding tert-OH is 2. The lowest BCUT2D eigenvalue weighted by Gasteiger charge is -2.34. The molecule has 35 heavy (non-hydrogen) atoms. The Balaban J connectivity index is 2.38. The number of rotatable bonds is 2. The van der Waals surface area contributed by atoms with E-state index in [9.17, 15) is 25.1 Å². The smallest absolute Gasteiger partial charge is 0.309 e. The predicted octanol–water partition coefficient (Wildman–Crippen LogP) is 4.77. The van der Waals surface area contributed by atoms with Gasteiger partial charge in [0, 0.05) is 23.3 Å². The van der Waals surface area contributed by atoms with E-state index >= 15 is 0 Å². The molecule has 2 heterocycles. The number of ether oxygens (including phenoxy) is 1. The van der Waals surface area contributed by atoms with Gasteiger partial charge in [0.05, 0.1) is 40.8 Å². The molecule has 0 spiro atoms. The lowest BCUT2D eigenvalue weighted by atomic mass is 9.73. The molecule has 0 radical (unpaired) electrons. The number of aliphatic hydroxyl groups is 2. The topological polar surface area (TPSA) is 121 Å². The van der Waals surface area contributed by atoms with E-state index in [1.165, 1.54) is 11.3 Å². The molecule has 0 bridgehead atoms. The van der Waals surface area contributed by atoms with Gasteiger partial charge in [-0.1, -0.05) is 33.8 Å². The average molecular weight is 503 g/mol. The minimum Gasteiger partial charge on any atom is -0.457 e. The van der Waals surface area contributed by atoms with E-state index in [0.29, 0.717) is 31.3 Å². The molecule has 1 aromatic heterocycles. The third-order valence-electron chi connectivity index (χ3n) is 6.96. The third-order valence-corrected chi connectivity index (χ3v) is 7.75. The summed E-state index contributed by atoms with van der Waals surface area (Å²) in [6.07, 6.45) is 2.70. The van der Waals surface area contributed by atoms with Crippen LogP contribution in [0.15, 0.2) is 22.6 Å². The maximum atomic E-state index is 13.2. The van der Waals surface area contributed by atoms with Crippen LogP contribution < -0.4 is 0 Å². The second-order valence-corrected chi connectivity index (χ2v) is 11.3. The number of nitrogens with zero attached hydrogens (tertiary/aromatic N) is 2. The van der Waals surface area contributed by atoms with E-state index in [-0.39, 0.29) is 18.1 Å². The fourth-order valence-corrected chi connectivity index (χ4v) is 4.93. The van der Waals surface area contributed by atoms with Crippen molar-refractivity contribution in [3.63, 3.8) is 0 Å². The first-order valence-electron chi connectivity index (χ1n) is 12.2. The molecular formula is C27H38N2O5S. The number of allylic oxidation sites excluding steroid dienone is 1. The van der Waals surface area contributed by atoms with Crippen LogP contribution in [0.4, 0.5) is 0 Å². The minimum absolute atomic E-state index is 0.154. The number of esters is 1. The van der Waals surface area contributed by atoms with Crippen molar-refractivity contribution in [2.24, 2.45) is 17.3 Å². The summed E-state index contributed by atoms with van der Waals surface area (Å²) in [4.78, 5) is 30.4. The van der Waals surface area contributed by atoms with Gasteiger partial charge < -0.3 is 14.9 Å². The van der Waals surface area contributed by atoms with Crippen LogP contribution in [-0.4, -0.2) is 45.3 Å². The van der Waals surface area contributed by atoms with Crippen LogP contribution in [0.25, 0.3) is 6.08 Å². The standard InChI is InChI=1S/C27H38N2O5S/c1-16-8-7-9-20(14-28)10-11-22(17(2)12-21-15-35-19(4)29-21)34-24(31)13-23(30)27(5,6)26(33)18(3)25(16)32/h10,12,15-16,18,22-23,25,30,32H,7-9,11,13H2,1-6H3/b17-12+,20-10+/t16-,18+,22-,23-,25-/m0/s1. The Labute approximate surface area is 212 Å². The van der Waals surface area contributed by atoms with Crippen molar-refractivity contribution in [1.29, 1.82) is 5.26 Å². The van der Waals surface area contributed by atoms with Gasteiger partial charge in [0.25, 0.3) is 0 Å². The number of cyclic esters (lactones) is 1. The van der Waals surface area contributed by atoms with Gasteiger partial charge in [-0.2, -0.15) is 5.26 Å². The molecule has 8 heteroatoms. The van der Waals surface area contributed by atoms with Crippen LogP contribution >= 0.6 is 11.3 Å². The van der Waals surface area contributed by atoms with E-state index in [0.717, 1.165) is 16.3 Å². The number of Topliss-reactive ketones (excluding diaryl/α,β-unsaturated/α-hetero) is 1. The molecule has 0 unspecified atom stereocenters. The Kier molecular flexibility index (Phi) is 10.4. The highest BCUT2D eigenvalue weighted by Crippen LogP contribution is 2.32. The molecule has 1 aliphatic heterocycles. The summed E-state index contributed by atoms with van der Waals surface area (Å²) in [5.74, 6) is -1.79. The lowest BCUT2D eigenvalue weighted by Crippen LogP contribution is -2.45. The average Bonchev–Trinajstić information content (AvgIpc) is 3.21. The molecule has 0 fully saturated rings. The normalized spacial score (nSPS) is 31.2. The first kappa shape index (κ1) is 28.9. The van der Waals surface area contributed by atoms with Gasteiger partial charge in [-0.25, -0.2) is 4.98 Å². The lowest BCUT2D eigenvalue weighted by molar-refractivity contribution is -0.154. The molecule has 0 aromatic carbocycles. The van der Waals surface area contributed by atoms with Gasteiger partial charge in [0.15, 0.2) is 0 Å². The predicted molar refractivity (Wildman–Crippen MR) is 136 cm³/mol. The monoisotopic (exact) mass is 502 g/mol. The summed E-state index contributed by atoms with van der Waals surface area (Å²) in [5, 5.41) is 34.0. The van der Waals surface area contributed by atoms with Crippen LogP contribution in [0, 0.1) is 35.5 Å². The highest BCUT2D eigenvalue weighted by atomic mass is 32.1. The summed E-state index contributed by atoms with van der Waals surface area (Å²) in [5.41, 5.74) is 0.893. The fraction of sp³-hybridized carbons (Fsp3) is 0.630. The molecule has 0 saturated heterocycles. The SMILES string of the molecule is C/C(=C\c1csc(C)n1)[C@@H]1C/C=C(/C#N)CCC[C@H](C)[C@H](O)[C@@H](C)C(=O)C(C)(C)[C@@H](O)CC(=O)O1. The largest absolute Gasteiger partial charge is 0.457 e. The first-order chi connectivity index (χ1) is 16.4. The molecule has 0 saturated carbocycles. The highest BCUT2D eigenvalue weighted by Gasteiger charge is 2.42. The van der Waals surface area contributed by atoms with Gasteiger partial charge in [-0.3, -0.25) is 9.59 Å². The van der Waals surface area contributed by atoms with Crippen LogP contribution in [0.5, 0.6) is 0 Å². The Morgan fingerprint density at radius 1 is 1.31 bits per heavy atom. The summed E-state index contributed by atoms with van der Waals surface area (Å²) in [6, 6.07) is 2.22. The number of aryl methyl sites for hydroxylation is 1. The number of ketones is 1. The van der Waals surface area contributed by atoms with E-state index < -0.39 is 35.6 Å². The zero-order valence-electron chi connectivity index (χ0n) is 21.6. The Bertz CT molecular complexity index is 1000. The molecule has 2 rings (SSSR count). The summed E-state index contributed by atoms with van der Waals surface area (Å²) < 4.78 is 5.74. The minimum atomic E-state index is -1.27. The third kappa shape index (κ3) is 7.83. The van der Waals surface area contributed by atoms with Crippen molar-refractivity contribution < 1.29 is 24.5 Å². The molecule has 7 nitrogen and oxygen atoms in total. The van der Waals surface area contributed by atoms with E-state index in [1.54, 1.807) is 26.8 Å². The number of hydrogen-bond donors (Lipinski definition) is 2. The summed E-state index contributed by atoms with van der Waals surface area (Å²) >= 11 is 1.52. The molecule has 2 N–H and O–H groups in total. The molecule has 5 atom stereocenters. The first-order valence-corrected chi connectivity index (χ1v) is 13.0. The van der Waals surface area contributed by atoms with Gasteiger partial charge in [-0.05, 0) is 50.7 Å². The van der Waals surface area contributed by atoms with Crippen LogP contribution in [0.3, 0.4) is 0 Å². The van der Waals surface area contributed by atoms with Crippen LogP contribution in [-0.2, 0) is 14.3 Å². The number of aromatic nitrogens is 1. The molecule has 0 amide bonds. The van der Waals surface area contributed by atoms with Gasteiger partial charge in [-0.15, -0.1) is 11.3 Å². The second-order valence-electron chi connectivity index (χ2n) is 10.2. The van der Waals surface area contributed by atoms with Crippen LogP contribution in [0.1, 0.15) is 77.4 Å². The van der Waals surface area contributed by atoms with Crippen LogP contribution in [0.2, 0.25) is 0 Å². The Morgan fingerprint density at radius 3 is 2.60 bits per heavy atom. The molecule has 1 aromatic rings. The number of hydrogen-bond acceptors (Lipinski definition) is 8. The zero-order chi connectivity index (χ0) is 26.3. The summed E-state index contributed by atoms with van der Waals surface area (Å²) in [6.45, 7) is 10.5. The quantitative estimate of drug-likeness (QED) is 0.559. The van der Waals surface area contributed by atoms with Crippen molar-refractivity contribution in [2.75, 3.05) is 0 Å². The van der Waals surface area contributed by atoms with Crippen molar-refractivity contribution in [3.8, 4) is 6.07 Å². The maximum Gasteiger partial charge on any atom is 0.309 e. The van der Waals surface area contributed by atoms with E-state index in [4.69, 9.17) is 4.74 Å². The Morgan fingerprint density at radius 2 is 2.00 bits per heavy atom. The molecule has 1 aliphatic rings. The van der Waals surface area contributed by atoms with E-state index in [1.807, 2.05) is 32.2 Å². The fourth-order valence-electron chi connectivity index (χ4n) is 4.36. The second kappa shape index (κ2) is 12.6. The van der Waals surface area contributed by atoms with Crippen molar-refractivity contribution in [1.82, 2.24) is 4.98 Å². The van der Waals surface area contributed by atoms with Crippen molar-refractivity contribution in [3.05, 3.63) is 33.3 Å². The number of nitriles is 1. The van der Waals surface area contributed by atoms with Crippen molar-refractivity contribution >= 4 is 29.2 Å². The molecule has 192 valence electrons. The van der Waals surface area contributed by atoms with Gasteiger partial charge >= 0.3 is 5.97 Å². The Hall–Kier alpha value is -2.34. The maximum absolute atomic E-state index is 13.2. The molecular weight excluding hydrogens is 464 g/mol. The summed E-state index contributed by atoms with van der Waals surface area (Å²) in [7, 11) is 0. The van der Waals surface area contributed by atoms with Gasteiger partial charge in [0.1, 0.15) is 11.9 Å². The number of carbonyl (C=O) groups excluding carboxylic acids is 2.